The van der Waals surface area contributed by atoms with Crippen molar-refractivity contribution < 1.29 is 9.47 Å². The molecule has 0 aliphatic carbocycles. The maximum absolute atomic E-state index is 5.27. The summed E-state index contributed by atoms with van der Waals surface area (Å²) in [6.45, 7) is 3.64. The van der Waals surface area contributed by atoms with E-state index in [9.17, 15) is 0 Å². The van der Waals surface area contributed by atoms with E-state index in [4.69, 9.17) is 9.47 Å². The molecule has 0 saturated carbocycles. The molecule has 1 aliphatic rings. The van der Waals surface area contributed by atoms with E-state index in [0.717, 1.165) is 29.6 Å². The number of guanidine groups is 1. The summed E-state index contributed by atoms with van der Waals surface area (Å²) in [5.74, 6) is 2.34. The zero-order valence-electron chi connectivity index (χ0n) is 11.0. The van der Waals surface area contributed by atoms with Crippen LogP contribution >= 0.6 is 0 Å². The molecule has 2 N–H and O–H groups in total. The summed E-state index contributed by atoms with van der Waals surface area (Å²) in [6, 6.07) is 6.29. The highest BCUT2D eigenvalue weighted by molar-refractivity contribution is 5.81. The molecule has 0 radical (unpaired) electrons. The van der Waals surface area contributed by atoms with Gasteiger partial charge >= 0.3 is 0 Å². The van der Waals surface area contributed by atoms with Gasteiger partial charge in [-0.25, -0.2) is 0 Å². The average Bonchev–Trinajstić information content (AvgIpc) is 2.81. The first kappa shape index (κ1) is 12.5. The van der Waals surface area contributed by atoms with Crippen LogP contribution in [0.1, 0.15) is 12.5 Å². The van der Waals surface area contributed by atoms with Crippen molar-refractivity contribution in [1.82, 2.24) is 10.6 Å². The van der Waals surface area contributed by atoms with Gasteiger partial charge in [0.2, 0.25) is 0 Å². The molecule has 98 valence electrons. The van der Waals surface area contributed by atoms with Gasteiger partial charge in [0.25, 0.3) is 0 Å². The third-order valence-corrected chi connectivity index (χ3v) is 2.81. The molecule has 5 heteroatoms. The molecule has 0 amide bonds. The molecule has 0 aromatic heterocycles. The number of hydrogen-bond acceptors (Lipinski definition) is 5. The minimum atomic E-state index is 0.415. The molecule has 0 spiro atoms. The van der Waals surface area contributed by atoms with Crippen molar-refractivity contribution in [3.05, 3.63) is 23.8 Å². The van der Waals surface area contributed by atoms with E-state index in [1.807, 2.05) is 18.2 Å². The second kappa shape index (κ2) is 5.62. The monoisotopic (exact) mass is 249 g/mol. The molecule has 5 nitrogen and oxygen atoms in total. The van der Waals surface area contributed by atoms with Crippen molar-refractivity contribution in [2.24, 2.45) is 4.99 Å². The van der Waals surface area contributed by atoms with Crippen molar-refractivity contribution in [1.29, 1.82) is 0 Å². The van der Waals surface area contributed by atoms with Crippen LogP contribution < -0.4 is 20.1 Å². The number of methoxy groups -OCH3 is 2. The Hall–Kier alpha value is -1.91. The van der Waals surface area contributed by atoms with Crippen LogP contribution in [0.4, 0.5) is 0 Å². The van der Waals surface area contributed by atoms with Gasteiger partial charge in [0.05, 0.1) is 20.8 Å². The van der Waals surface area contributed by atoms with Gasteiger partial charge in [0.1, 0.15) is 0 Å². The maximum atomic E-state index is 5.27. The van der Waals surface area contributed by atoms with Crippen LogP contribution in [-0.2, 0) is 6.54 Å². The van der Waals surface area contributed by atoms with Crippen molar-refractivity contribution in [2.75, 3.05) is 20.8 Å². The summed E-state index contributed by atoms with van der Waals surface area (Å²) >= 11 is 0. The lowest BCUT2D eigenvalue weighted by molar-refractivity contribution is 0.354. The van der Waals surface area contributed by atoms with Crippen LogP contribution in [-0.4, -0.2) is 32.8 Å². The summed E-state index contributed by atoms with van der Waals surface area (Å²) in [6.07, 6.45) is 0. The number of hydrogen-bond donors (Lipinski definition) is 2. The smallest absolute Gasteiger partial charge is 0.191 e. The Morgan fingerprint density at radius 1 is 1.33 bits per heavy atom. The van der Waals surface area contributed by atoms with E-state index in [2.05, 4.69) is 22.5 Å². The molecule has 0 saturated heterocycles. The Balaban J connectivity index is 1.97. The van der Waals surface area contributed by atoms with Gasteiger partial charge in [-0.15, -0.1) is 0 Å². The lowest BCUT2D eigenvalue weighted by Crippen LogP contribution is -2.37. The Morgan fingerprint density at radius 2 is 2.11 bits per heavy atom. The van der Waals surface area contributed by atoms with Gasteiger partial charge in [-0.1, -0.05) is 6.07 Å². The summed E-state index contributed by atoms with van der Waals surface area (Å²) in [7, 11) is 3.27. The number of benzene rings is 1. The average molecular weight is 249 g/mol. The summed E-state index contributed by atoms with van der Waals surface area (Å²) in [5, 5.41) is 6.52. The SMILES string of the molecule is COc1ccc(CNC2=NCC(C)N2)cc1OC. The summed E-state index contributed by atoms with van der Waals surface area (Å²) in [4.78, 5) is 4.35. The van der Waals surface area contributed by atoms with Crippen LogP contribution in [0, 0.1) is 0 Å². The quantitative estimate of drug-likeness (QED) is 0.840. The summed E-state index contributed by atoms with van der Waals surface area (Å²) in [5.41, 5.74) is 1.12. The van der Waals surface area contributed by atoms with Crippen LogP contribution in [0.5, 0.6) is 11.5 Å². The first-order valence-corrected chi connectivity index (χ1v) is 5.98. The van der Waals surface area contributed by atoms with E-state index in [-0.39, 0.29) is 0 Å². The number of ether oxygens (including phenoxy) is 2. The van der Waals surface area contributed by atoms with Crippen molar-refractivity contribution >= 4 is 5.96 Å². The fourth-order valence-electron chi connectivity index (χ4n) is 1.84. The fraction of sp³-hybridized carbons (Fsp3) is 0.462. The Kier molecular flexibility index (Phi) is 3.92. The Morgan fingerprint density at radius 3 is 2.72 bits per heavy atom. The molecule has 1 aromatic carbocycles. The molecular formula is C13H19N3O2. The number of nitrogens with zero attached hydrogens (tertiary/aromatic N) is 1. The van der Waals surface area contributed by atoms with Crippen molar-refractivity contribution in [3.8, 4) is 11.5 Å². The molecule has 1 atom stereocenters. The number of nitrogens with one attached hydrogen (secondary N) is 2. The van der Waals surface area contributed by atoms with E-state index in [1.54, 1.807) is 14.2 Å². The Bertz CT molecular complexity index is 446. The van der Waals surface area contributed by atoms with Gasteiger partial charge in [-0.3, -0.25) is 4.99 Å². The maximum Gasteiger partial charge on any atom is 0.191 e. The second-order valence-corrected chi connectivity index (χ2v) is 4.28. The minimum Gasteiger partial charge on any atom is -0.493 e. The van der Waals surface area contributed by atoms with Crippen LogP contribution in [0.2, 0.25) is 0 Å². The van der Waals surface area contributed by atoms with E-state index in [0.29, 0.717) is 12.6 Å². The predicted molar refractivity (Wildman–Crippen MR) is 71.3 cm³/mol. The highest BCUT2D eigenvalue weighted by Gasteiger charge is 2.12. The minimum absolute atomic E-state index is 0.415. The third-order valence-electron chi connectivity index (χ3n) is 2.81. The molecule has 1 aromatic rings. The van der Waals surface area contributed by atoms with E-state index < -0.39 is 0 Å². The standard InChI is InChI=1S/C13H19N3O2/c1-9-7-14-13(16-9)15-8-10-4-5-11(17-2)12(6-10)18-3/h4-6,9H,7-8H2,1-3H3,(H2,14,15,16). The molecule has 0 bridgehead atoms. The highest BCUT2D eigenvalue weighted by Crippen LogP contribution is 2.27. The van der Waals surface area contributed by atoms with Gasteiger partial charge in [0.15, 0.2) is 17.5 Å². The van der Waals surface area contributed by atoms with Crippen LogP contribution in [0.3, 0.4) is 0 Å². The molecule has 18 heavy (non-hydrogen) atoms. The van der Waals surface area contributed by atoms with Crippen molar-refractivity contribution in [2.45, 2.75) is 19.5 Å². The lowest BCUT2D eigenvalue weighted by atomic mass is 10.2. The molecule has 1 unspecified atom stereocenters. The first-order valence-electron chi connectivity index (χ1n) is 5.98. The fourth-order valence-corrected chi connectivity index (χ4v) is 1.84. The van der Waals surface area contributed by atoms with Gasteiger partial charge in [-0.05, 0) is 24.6 Å². The molecule has 1 aliphatic heterocycles. The van der Waals surface area contributed by atoms with Gasteiger partial charge < -0.3 is 20.1 Å². The third kappa shape index (κ3) is 2.85. The number of aliphatic imine (C=N–C) groups is 1. The lowest BCUT2D eigenvalue weighted by Gasteiger charge is -2.11. The van der Waals surface area contributed by atoms with Crippen molar-refractivity contribution in [3.63, 3.8) is 0 Å². The summed E-state index contributed by atoms with van der Waals surface area (Å²) < 4.78 is 10.5. The van der Waals surface area contributed by atoms with Gasteiger partial charge in [-0.2, -0.15) is 0 Å². The zero-order valence-corrected chi connectivity index (χ0v) is 11.0. The predicted octanol–water partition coefficient (Wildman–Crippen LogP) is 1.14. The second-order valence-electron chi connectivity index (χ2n) is 4.28. The van der Waals surface area contributed by atoms with E-state index >= 15 is 0 Å². The molecule has 2 rings (SSSR count). The first-order chi connectivity index (χ1) is 8.72. The largest absolute Gasteiger partial charge is 0.493 e. The van der Waals surface area contributed by atoms with E-state index in [1.165, 1.54) is 0 Å². The molecular weight excluding hydrogens is 230 g/mol. The topological polar surface area (TPSA) is 54.9 Å². The van der Waals surface area contributed by atoms with Crippen LogP contribution in [0.25, 0.3) is 0 Å². The zero-order chi connectivity index (χ0) is 13.0. The molecule has 1 heterocycles. The number of rotatable bonds is 4. The highest BCUT2D eigenvalue weighted by atomic mass is 16.5. The molecule has 0 fully saturated rings. The Labute approximate surface area is 107 Å². The van der Waals surface area contributed by atoms with Gasteiger partial charge in [0, 0.05) is 12.6 Å². The van der Waals surface area contributed by atoms with Crippen LogP contribution in [0.15, 0.2) is 23.2 Å². The normalized spacial score (nSPS) is 17.9.